The van der Waals surface area contributed by atoms with Crippen LogP contribution in [0.25, 0.3) is 0 Å². The molecule has 9 heteroatoms. The molecule has 0 aromatic heterocycles. The van der Waals surface area contributed by atoms with Crippen molar-refractivity contribution in [2.24, 2.45) is 0 Å². The Labute approximate surface area is 99.3 Å². The maximum Gasteiger partial charge on any atom is 0.354 e. The van der Waals surface area contributed by atoms with Crippen LogP contribution in [0, 0.1) is 0 Å². The van der Waals surface area contributed by atoms with E-state index in [1.165, 1.54) is 0 Å². The van der Waals surface area contributed by atoms with E-state index in [4.69, 9.17) is 19.6 Å². The van der Waals surface area contributed by atoms with Gasteiger partial charge in [-0.05, 0) is 19.3 Å². The molecule has 0 radical (unpaired) electrons. The molecule has 7 nitrogen and oxygen atoms in total. The summed E-state index contributed by atoms with van der Waals surface area (Å²) in [6.07, 6.45) is 6.83. The summed E-state index contributed by atoms with van der Waals surface area (Å²) in [5, 5.41) is 2.36. The summed E-state index contributed by atoms with van der Waals surface area (Å²) in [5.41, 5.74) is -2.12. The van der Waals surface area contributed by atoms with Gasteiger partial charge in [0.25, 0.3) is 0 Å². The summed E-state index contributed by atoms with van der Waals surface area (Å²) < 4.78 is 22.1. The average Bonchev–Trinajstić information content (AvgIpc) is 2.38. The van der Waals surface area contributed by atoms with Crippen LogP contribution >= 0.6 is 15.2 Å². The molecule has 1 aliphatic rings. The Morgan fingerprint density at radius 2 is 1.71 bits per heavy atom. The minimum Gasteiger partial charge on any atom is -0.323 e. The molecular formula is C8H17NO6P2. The summed E-state index contributed by atoms with van der Waals surface area (Å²) >= 11 is 0. The summed E-state index contributed by atoms with van der Waals surface area (Å²) in [6.45, 7) is 0. The molecule has 0 fully saturated rings. The molecular weight excluding hydrogens is 268 g/mol. The first-order valence-electron chi connectivity index (χ1n) is 5.24. The fourth-order valence-corrected chi connectivity index (χ4v) is 4.04. The van der Waals surface area contributed by atoms with E-state index in [-0.39, 0.29) is 0 Å². The largest absolute Gasteiger partial charge is 0.354 e. The second kappa shape index (κ2) is 5.76. The lowest BCUT2D eigenvalue weighted by molar-refractivity contribution is 0.322. The van der Waals surface area contributed by atoms with Crippen LogP contribution in [-0.4, -0.2) is 31.1 Å². The Balaban J connectivity index is 2.80. The van der Waals surface area contributed by atoms with Crippen molar-refractivity contribution in [3.63, 3.8) is 0 Å². The van der Waals surface area contributed by atoms with E-state index >= 15 is 0 Å². The molecule has 0 saturated heterocycles. The average molecular weight is 285 g/mol. The Hall–Kier alpha value is -0.0000000000000000971. The van der Waals surface area contributed by atoms with Crippen molar-refractivity contribution in [2.75, 3.05) is 0 Å². The SMILES string of the molecule is O=P(O)(O)C(NC1C=CCCCC1)P(=O)(O)O. The minimum atomic E-state index is -4.89. The van der Waals surface area contributed by atoms with Gasteiger partial charge in [0.2, 0.25) is 5.52 Å². The van der Waals surface area contributed by atoms with Crippen molar-refractivity contribution in [3.8, 4) is 0 Å². The first-order chi connectivity index (χ1) is 7.71. The molecule has 1 atom stereocenters. The van der Waals surface area contributed by atoms with E-state index in [0.29, 0.717) is 6.42 Å². The lowest BCUT2D eigenvalue weighted by Crippen LogP contribution is -2.36. The fraction of sp³-hybridized carbons (Fsp3) is 0.750. The molecule has 0 amide bonds. The van der Waals surface area contributed by atoms with Crippen LogP contribution in [0.3, 0.4) is 0 Å². The maximum absolute atomic E-state index is 11.1. The Kier molecular flexibility index (Phi) is 5.10. The zero-order chi connectivity index (χ0) is 13.1. The van der Waals surface area contributed by atoms with Crippen LogP contribution < -0.4 is 5.32 Å². The molecule has 0 bridgehead atoms. The van der Waals surface area contributed by atoms with Gasteiger partial charge in [-0.15, -0.1) is 0 Å². The van der Waals surface area contributed by atoms with Gasteiger partial charge in [-0.1, -0.05) is 18.6 Å². The Morgan fingerprint density at radius 1 is 1.12 bits per heavy atom. The number of allylic oxidation sites excluding steroid dienone is 1. The highest BCUT2D eigenvalue weighted by Crippen LogP contribution is 2.58. The van der Waals surface area contributed by atoms with E-state index in [0.717, 1.165) is 19.3 Å². The topological polar surface area (TPSA) is 127 Å². The van der Waals surface area contributed by atoms with Gasteiger partial charge in [0.1, 0.15) is 0 Å². The first-order valence-corrected chi connectivity index (χ1v) is 8.61. The smallest absolute Gasteiger partial charge is 0.323 e. The van der Waals surface area contributed by atoms with Crippen LogP contribution in [0.2, 0.25) is 0 Å². The van der Waals surface area contributed by atoms with Crippen LogP contribution in [0.4, 0.5) is 0 Å². The third-order valence-corrected chi connectivity index (χ3v) is 5.88. The van der Waals surface area contributed by atoms with Gasteiger partial charge in [0, 0.05) is 6.04 Å². The lowest BCUT2D eigenvalue weighted by Gasteiger charge is -2.24. The summed E-state index contributed by atoms with van der Waals surface area (Å²) in [6, 6.07) is -0.414. The van der Waals surface area contributed by atoms with Gasteiger partial charge in [0.15, 0.2) is 0 Å². The molecule has 5 N–H and O–H groups in total. The molecule has 0 aromatic carbocycles. The number of nitrogens with one attached hydrogen (secondary N) is 1. The summed E-state index contributed by atoms with van der Waals surface area (Å²) in [5.74, 6) is 0. The predicted octanol–water partition coefficient (Wildman–Crippen LogP) is 0.714. The molecule has 0 saturated carbocycles. The lowest BCUT2D eigenvalue weighted by atomic mass is 10.1. The van der Waals surface area contributed by atoms with Gasteiger partial charge in [-0.3, -0.25) is 14.4 Å². The second-order valence-electron chi connectivity index (χ2n) is 4.04. The summed E-state index contributed by atoms with van der Waals surface area (Å²) in [4.78, 5) is 35.8. The van der Waals surface area contributed by atoms with Crippen LogP contribution in [-0.2, 0) is 9.13 Å². The maximum atomic E-state index is 11.1. The highest BCUT2D eigenvalue weighted by Gasteiger charge is 2.44. The molecule has 17 heavy (non-hydrogen) atoms. The fourth-order valence-electron chi connectivity index (χ4n) is 1.70. The molecule has 1 rings (SSSR count). The van der Waals surface area contributed by atoms with E-state index in [1.807, 2.05) is 6.08 Å². The monoisotopic (exact) mass is 285 g/mol. The molecule has 0 spiro atoms. The molecule has 100 valence electrons. The van der Waals surface area contributed by atoms with Crippen molar-refractivity contribution in [1.29, 1.82) is 0 Å². The third kappa shape index (κ3) is 5.02. The number of hydrogen-bond donors (Lipinski definition) is 5. The number of hydrogen-bond acceptors (Lipinski definition) is 3. The second-order valence-corrected chi connectivity index (χ2v) is 7.83. The molecule has 1 unspecified atom stereocenters. The normalized spacial score (nSPS) is 22.8. The minimum absolute atomic E-state index is 0.414. The number of rotatable bonds is 4. The van der Waals surface area contributed by atoms with E-state index in [1.54, 1.807) is 6.08 Å². The predicted molar refractivity (Wildman–Crippen MR) is 62.4 cm³/mol. The molecule has 0 heterocycles. The van der Waals surface area contributed by atoms with Gasteiger partial charge >= 0.3 is 15.2 Å². The van der Waals surface area contributed by atoms with Crippen LogP contribution in [0.1, 0.15) is 25.7 Å². The van der Waals surface area contributed by atoms with Gasteiger partial charge in [-0.2, -0.15) is 0 Å². The van der Waals surface area contributed by atoms with Crippen LogP contribution in [0.15, 0.2) is 12.2 Å². The Morgan fingerprint density at radius 3 is 2.24 bits per heavy atom. The highest BCUT2D eigenvalue weighted by molar-refractivity contribution is 7.70. The third-order valence-electron chi connectivity index (χ3n) is 2.50. The zero-order valence-electron chi connectivity index (χ0n) is 9.14. The summed E-state index contributed by atoms with van der Waals surface area (Å²) in [7, 11) is -9.77. The highest BCUT2D eigenvalue weighted by atomic mass is 31.2. The van der Waals surface area contributed by atoms with Gasteiger partial charge < -0.3 is 19.6 Å². The van der Waals surface area contributed by atoms with E-state index in [9.17, 15) is 9.13 Å². The van der Waals surface area contributed by atoms with Gasteiger partial charge in [0.05, 0.1) is 0 Å². The molecule has 1 aliphatic carbocycles. The zero-order valence-corrected chi connectivity index (χ0v) is 10.9. The standard InChI is InChI=1S/C8H17NO6P2/c10-16(11,12)8(17(13,14)15)9-7-5-3-1-2-4-6-7/h3,5,7-9H,1-2,4,6H2,(H2,10,11,12)(H2,13,14,15). The quantitative estimate of drug-likeness (QED) is 0.380. The van der Waals surface area contributed by atoms with Crippen molar-refractivity contribution in [1.82, 2.24) is 5.32 Å². The van der Waals surface area contributed by atoms with Crippen molar-refractivity contribution >= 4 is 15.2 Å². The van der Waals surface area contributed by atoms with E-state index in [2.05, 4.69) is 5.32 Å². The molecule has 0 aromatic rings. The van der Waals surface area contributed by atoms with Crippen LogP contribution in [0.5, 0.6) is 0 Å². The van der Waals surface area contributed by atoms with E-state index < -0.39 is 26.8 Å². The Bertz CT molecular complexity index is 350. The van der Waals surface area contributed by atoms with Crippen molar-refractivity contribution < 1.29 is 28.7 Å². The van der Waals surface area contributed by atoms with Crippen molar-refractivity contribution in [3.05, 3.63) is 12.2 Å². The first kappa shape index (κ1) is 15.1. The van der Waals surface area contributed by atoms with Crippen molar-refractivity contribution in [2.45, 2.75) is 37.2 Å². The molecule has 0 aliphatic heterocycles. The van der Waals surface area contributed by atoms with Gasteiger partial charge in [-0.25, -0.2) is 0 Å².